The molecule has 1 saturated heterocycles. The van der Waals surface area contributed by atoms with Crippen molar-refractivity contribution >= 4 is 27.6 Å². The average Bonchev–Trinajstić information content (AvgIpc) is 2.87. The number of halogens is 4. The van der Waals surface area contributed by atoms with Crippen molar-refractivity contribution in [2.45, 2.75) is 18.0 Å². The predicted molar refractivity (Wildman–Crippen MR) is 75.6 cm³/mol. The zero-order chi connectivity index (χ0) is 17.6. The lowest BCUT2D eigenvalue weighted by atomic mass is 9.96. The molecule has 128 valence electrons. The molecule has 0 saturated carbocycles. The number of aliphatic carboxylic acids is 1. The Kier molecular flexibility index (Phi) is 4.67. The largest absolute Gasteiger partial charge is 0.481 e. The number of carboxylic acids is 1. The fourth-order valence-corrected chi connectivity index (χ4v) is 4.55. The molecular weight excluding hydrogens is 359 g/mol. The van der Waals surface area contributed by atoms with E-state index in [0.29, 0.717) is 9.87 Å². The lowest BCUT2D eigenvalue weighted by molar-refractivity contribution is -0.187. The molecule has 0 aromatic heterocycles. The summed E-state index contributed by atoms with van der Waals surface area (Å²) in [6, 6.07) is 4.16. The van der Waals surface area contributed by atoms with Crippen molar-refractivity contribution in [3.05, 3.63) is 28.8 Å². The number of carbonyl (C=O) groups is 1. The molecule has 5 nitrogen and oxygen atoms in total. The molecule has 1 aromatic carbocycles. The second-order valence-electron chi connectivity index (χ2n) is 5.30. The Balaban J connectivity index is 2.42. The number of sulfonamides is 1. The maximum absolute atomic E-state index is 13.0. The van der Waals surface area contributed by atoms with Gasteiger partial charge in [0.15, 0.2) is 0 Å². The van der Waals surface area contributed by atoms with E-state index in [2.05, 4.69) is 0 Å². The summed E-state index contributed by atoms with van der Waals surface area (Å²) in [4.78, 5) is 10.7. The number of nitrogens with zero attached hydrogens (tertiary/aromatic N) is 1. The van der Waals surface area contributed by atoms with Gasteiger partial charge in [-0.15, -0.1) is 0 Å². The minimum Gasteiger partial charge on any atom is -0.481 e. The van der Waals surface area contributed by atoms with Crippen LogP contribution < -0.4 is 0 Å². The van der Waals surface area contributed by atoms with Gasteiger partial charge in [0.1, 0.15) is 4.90 Å². The number of carboxylic acid groups (broad SMARTS) is 1. The van der Waals surface area contributed by atoms with Crippen molar-refractivity contribution in [2.75, 3.05) is 13.1 Å². The number of aryl methyl sites for hydroxylation is 1. The first-order chi connectivity index (χ1) is 10.5. The zero-order valence-electron chi connectivity index (χ0n) is 11.8. The predicted octanol–water partition coefficient (Wildman–Crippen LogP) is 2.53. The summed E-state index contributed by atoms with van der Waals surface area (Å²) >= 11 is 5.94. The molecular formula is C13H13ClF3NO4S. The van der Waals surface area contributed by atoms with Crippen molar-refractivity contribution in [1.82, 2.24) is 4.31 Å². The third-order valence-electron chi connectivity index (χ3n) is 3.80. The fourth-order valence-electron chi connectivity index (χ4n) is 2.50. The summed E-state index contributed by atoms with van der Waals surface area (Å²) < 4.78 is 64.5. The normalized spacial score (nSPS) is 23.2. The third kappa shape index (κ3) is 3.31. The fraction of sp³-hybridized carbons (Fsp3) is 0.462. The molecule has 2 rings (SSSR count). The molecule has 1 aliphatic heterocycles. The van der Waals surface area contributed by atoms with Gasteiger partial charge in [0.2, 0.25) is 10.0 Å². The van der Waals surface area contributed by atoms with Gasteiger partial charge < -0.3 is 5.11 Å². The summed E-state index contributed by atoms with van der Waals surface area (Å²) in [6.45, 7) is -0.122. The number of hydrogen-bond acceptors (Lipinski definition) is 3. The highest BCUT2D eigenvalue weighted by Crippen LogP contribution is 2.40. The van der Waals surface area contributed by atoms with Crippen LogP contribution in [0.1, 0.15) is 5.56 Å². The average molecular weight is 372 g/mol. The maximum Gasteiger partial charge on any atom is 0.393 e. The Labute approximate surface area is 135 Å². The zero-order valence-corrected chi connectivity index (χ0v) is 13.4. The van der Waals surface area contributed by atoms with E-state index in [9.17, 15) is 26.4 Å². The molecule has 1 fully saturated rings. The van der Waals surface area contributed by atoms with Crippen LogP contribution in [0, 0.1) is 18.8 Å². The van der Waals surface area contributed by atoms with Crippen LogP contribution in [0.4, 0.5) is 13.2 Å². The minimum atomic E-state index is -4.80. The van der Waals surface area contributed by atoms with Crippen LogP contribution in [0.5, 0.6) is 0 Å². The minimum absolute atomic E-state index is 0.0881. The van der Waals surface area contributed by atoms with Crippen molar-refractivity contribution in [1.29, 1.82) is 0 Å². The quantitative estimate of drug-likeness (QED) is 0.886. The van der Waals surface area contributed by atoms with Gasteiger partial charge in [-0.3, -0.25) is 4.79 Å². The van der Waals surface area contributed by atoms with Gasteiger partial charge >= 0.3 is 12.1 Å². The van der Waals surface area contributed by atoms with Crippen LogP contribution >= 0.6 is 11.6 Å². The smallest absolute Gasteiger partial charge is 0.393 e. The molecule has 0 bridgehead atoms. The number of alkyl halides is 3. The molecule has 10 heteroatoms. The van der Waals surface area contributed by atoms with E-state index in [1.807, 2.05) is 0 Å². The second-order valence-corrected chi connectivity index (χ2v) is 7.59. The standard InChI is InChI=1S/C13H13ClF3NO4S/c1-7-3-2-4-10(11(7)14)23(21,22)18-5-8(12(19)20)9(6-18)13(15,16)17/h2-4,8-9H,5-6H2,1H3,(H,19,20)/t8-,9-/m1/s1. The van der Waals surface area contributed by atoms with Gasteiger partial charge in [-0.05, 0) is 18.6 Å². The van der Waals surface area contributed by atoms with E-state index in [0.717, 1.165) is 0 Å². The molecule has 1 aromatic rings. The summed E-state index contributed by atoms with van der Waals surface area (Å²) in [7, 11) is -4.31. The van der Waals surface area contributed by atoms with E-state index in [1.165, 1.54) is 12.1 Å². The summed E-state index contributed by atoms with van der Waals surface area (Å²) in [5.41, 5.74) is 0.453. The van der Waals surface area contributed by atoms with Crippen molar-refractivity contribution in [3.8, 4) is 0 Å². The first-order valence-corrected chi connectivity index (χ1v) is 8.33. The van der Waals surface area contributed by atoms with E-state index >= 15 is 0 Å². The highest BCUT2D eigenvalue weighted by atomic mass is 35.5. The Hall–Kier alpha value is -1.32. The molecule has 1 N–H and O–H groups in total. The molecule has 1 aliphatic rings. The van der Waals surface area contributed by atoms with Crippen molar-refractivity contribution < 1.29 is 31.5 Å². The van der Waals surface area contributed by atoms with Gasteiger partial charge in [0.05, 0.1) is 16.9 Å². The third-order valence-corrected chi connectivity index (χ3v) is 6.29. The summed E-state index contributed by atoms with van der Waals surface area (Å²) in [5.74, 6) is -5.77. The van der Waals surface area contributed by atoms with Gasteiger partial charge in [-0.2, -0.15) is 17.5 Å². The van der Waals surface area contributed by atoms with Gasteiger partial charge in [0, 0.05) is 13.1 Å². The highest BCUT2D eigenvalue weighted by molar-refractivity contribution is 7.89. The van der Waals surface area contributed by atoms with Gasteiger partial charge in [-0.1, -0.05) is 23.7 Å². The summed E-state index contributed by atoms with van der Waals surface area (Å²) in [5, 5.41) is 8.86. The van der Waals surface area contributed by atoms with E-state index < -0.39 is 47.1 Å². The number of benzene rings is 1. The van der Waals surface area contributed by atoms with Crippen LogP contribution in [0.3, 0.4) is 0 Å². The first-order valence-electron chi connectivity index (χ1n) is 6.51. The Bertz CT molecular complexity index is 735. The molecule has 0 spiro atoms. The molecule has 2 atom stereocenters. The van der Waals surface area contributed by atoms with Crippen molar-refractivity contribution in [2.24, 2.45) is 11.8 Å². The summed E-state index contributed by atoms with van der Waals surface area (Å²) in [6.07, 6.45) is -4.80. The molecule has 0 radical (unpaired) electrons. The molecule has 0 aliphatic carbocycles. The highest BCUT2D eigenvalue weighted by Gasteiger charge is 2.55. The van der Waals surface area contributed by atoms with Gasteiger partial charge in [-0.25, -0.2) is 8.42 Å². The van der Waals surface area contributed by atoms with Crippen LogP contribution in [0.15, 0.2) is 23.1 Å². The maximum atomic E-state index is 13.0. The number of rotatable bonds is 3. The number of hydrogen-bond donors (Lipinski definition) is 1. The Morgan fingerprint density at radius 1 is 1.35 bits per heavy atom. The van der Waals surface area contributed by atoms with Crippen LogP contribution in [0.25, 0.3) is 0 Å². The lowest BCUT2D eigenvalue weighted by Gasteiger charge is -2.19. The van der Waals surface area contributed by atoms with Crippen LogP contribution in [-0.2, 0) is 14.8 Å². The van der Waals surface area contributed by atoms with E-state index in [-0.39, 0.29) is 9.92 Å². The van der Waals surface area contributed by atoms with Gasteiger partial charge in [0.25, 0.3) is 0 Å². The second kappa shape index (κ2) is 5.95. The molecule has 0 amide bonds. The molecule has 1 heterocycles. The molecule has 0 unspecified atom stereocenters. The lowest BCUT2D eigenvalue weighted by Crippen LogP contribution is -2.34. The van der Waals surface area contributed by atoms with E-state index in [1.54, 1.807) is 13.0 Å². The van der Waals surface area contributed by atoms with Crippen LogP contribution in [-0.4, -0.2) is 43.1 Å². The SMILES string of the molecule is Cc1cccc(S(=O)(=O)N2C[C@@H](C(F)(F)F)[C@H](C(=O)O)C2)c1Cl. The monoisotopic (exact) mass is 371 g/mol. The first kappa shape index (κ1) is 18.0. The molecule has 23 heavy (non-hydrogen) atoms. The Morgan fingerprint density at radius 3 is 2.43 bits per heavy atom. The van der Waals surface area contributed by atoms with E-state index in [4.69, 9.17) is 16.7 Å². The Morgan fingerprint density at radius 2 is 1.96 bits per heavy atom. The topological polar surface area (TPSA) is 74.7 Å². The van der Waals surface area contributed by atoms with Crippen LogP contribution in [0.2, 0.25) is 5.02 Å². The van der Waals surface area contributed by atoms with Crippen molar-refractivity contribution in [3.63, 3.8) is 0 Å².